The predicted molar refractivity (Wildman–Crippen MR) is 80.2 cm³/mol. The zero-order chi connectivity index (χ0) is 14.1. The van der Waals surface area contributed by atoms with Gasteiger partial charge < -0.3 is 11.1 Å². The predicted octanol–water partition coefficient (Wildman–Crippen LogP) is 2.60. The van der Waals surface area contributed by atoms with Crippen molar-refractivity contribution in [2.24, 2.45) is 5.73 Å². The Morgan fingerprint density at radius 1 is 1.21 bits per heavy atom. The molecule has 0 bridgehead atoms. The van der Waals surface area contributed by atoms with Gasteiger partial charge in [0.05, 0.1) is 0 Å². The van der Waals surface area contributed by atoms with Crippen LogP contribution in [0.3, 0.4) is 0 Å². The fourth-order valence-electron chi connectivity index (χ4n) is 1.94. The van der Waals surface area contributed by atoms with E-state index >= 15 is 0 Å². The molecule has 3 nitrogen and oxygen atoms in total. The standard InChI is InChI=1S/C16H26N2O/c1-13(2)15-9-7-14(8-10-15)5-4-12-18-16(19)6-3-11-17/h7-10,13H,3-6,11-12,17H2,1-2H3,(H,18,19). The van der Waals surface area contributed by atoms with Gasteiger partial charge in [-0.1, -0.05) is 38.1 Å². The van der Waals surface area contributed by atoms with E-state index in [1.807, 2.05) is 0 Å². The first-order chi connectivity index (χ1) is 9.13. The molecule has 0 aromatic heterocycles. The van der Waals surface area contributed by atoms with Crippen molar-refractivity contribution in [2.75, 3.05) is 13.1 Å². The monoisotopic (exact) mass is 262 g/mol. The zero-order valence-corrected chi connectivity index (χ0v) is 12.1. The molecule has 1 aromatic carbocycles. The number of amides is 1. The van der Waals surface area contributed by atoms with E-state index in [0.717, 1.165) is 25.8 Å². The lowest BCUT2D eigenvalue weighted by atomic mass is 10.0. The maximum absolute atomic E-state index is 11.4. The summed E-state index contributed by atoms with van der Waals surface area (Å²) in [5.41, 5.74) is 8.07. The summed E-state index contributed by atoms with van der Waals surface area (Å²) in [5.74, 6) is 0.691. The first-order valence-electron chi connectivity index (χ1n) is 7.19. The molecular formula is C16H26N2O. The molecule has 106 valence electrons. The van der Waals surface area contributed by atoms with E-state index in [4.69, 9.17) is 5.73 Å². The van der Waals surface area contributed by atoms with E-state index in [0.29, 0.717) is 18.9 Å². The van der Waals surface area contributed by atoms with Crippen molar-refractivity contribution in [3.63, 3.8) is 0 Å². The highest BCUT2D eigenvalue weighted by molar-refractivity contribution is 5.75. The summed E-state index contributed by atoms with van der Waals surface area (Å²) in [5, 5.41) is 2.92. The van der Waals surface area contributed by atoms with Crippen molar-refractivity contribution in [3.8, 4) is 0 Å². The molecule has 0 fully saturated rings. The van der Waals surface area contributed by atoms with E-state index in [9.17, 15) is 4.79 Å². The lowest BCUT2D eigenvalue weighted by Gasteiger charge is -2.07. The minimum Gasteiger partial charge on any atom is -0.356 e. The van der Waals surface area contributed by atoms with Crippen molar-refractivity contribution in [2.45, 2.75) is 45.4 Å². The maximum atomic E-state index is 11.4. The number of hydrogen-bond donors (Lipinski definition) is 2. The third-order valence-electron chi connectivity index (χ3n) is 3.22. The zero-order valence-electron chi connectivity index (χ0n) is 12.1. The van der Waals surface area contributed by atoms with Gasteiger partial charge in [-0.05, 0) is 42.9 Å². The molecule has 0 heterocycles. The van der Waals surface area contributed by atoms with Crippen LogP contribution in [0.5, 0.6) is 0 Å². The lowest BCUT2D eigenvalue weighted by Crippen LogP contribution is -2.25. The van der Waals surface area contributed by atoms with Gasteiger partial charge in [-0.2, -0.15) is 0 Å². The minimum absolute atomic E-state index is 0.112. The normalized spacial score (nSPS) is 10.7. The summed E-state index contributed by atoms with van der Waals surface area (Å²) in [6.45, 7) is 5.72. The number of nitrogens with two attached hydrogens (primary N) is 1. The van der Waals surface area contributed by atoms with Crippen molar-refractivity contribution in [3.05, 3.63) is 35.4 Å². The molecule has 1 aromatic rings. The quantitative estimate of drug-likeness (QED) is 0.708. The molecule has 0 saturated heterocycles. The summed E-state index contributed by atoms with van der Waals surface area (Å²) in [6.07, 6.45) is 3.30. The van der Waals surface area contributed by atoms with Gasteiger partial charge in [0.15, 0.2) is 0 Å². The third kappa shape index (κ3) is 6.39. The third-order valence-corrected chi connectivity index (χ3v) is 3.22. The SMILES string of the molecule is CC(C)c1ccc(CCCNC(=O)CCCN)cc1. The van der Waals surface area contributed by atoms with Gasteiger partial charge in [-0.15, -0.1) is 0 Å². The van der Waals surface area contributed by atoms with Gasteiger partial charge in [0.25, 0.3) is 0 Å². The fraction of sp³-hybridized carbons (Fsp3) is 0.562. The highest BCUT2D eigenvalue weighted by atomic mass is 16.1. The molecule has 3 N–H and O–H groups in total. The fourth-order valence-corrected chi connectivity index (χ4v) is 1.94. The van der Waals surface area contributed by atoms with Crippen LogP contribution in [0.15, 0.2) is 24.3 Å². The molecule has 0 spiro atoms. The van der Waals surface area contributed by atoms with Crippen LogP contribution in [-0.4, -0.2) is 19.0 Å². The number of aryl methyl sites for hydroxylation is 1. The molecule has 19 heavy (non-hydrogen) atoms. The second kappa shape index (κ2) is 8.70. The molecule has 1 amide bonds. The van der Waals surface area contributed by atoms with Crippen molar-refractivity contribution in [1.82, 2.24) is 5.32 Å². The Kier molecular flexibility index (Phi) is 7.19. The van der Waals surface area contributed by atoms with Crippen LogP contribution in [0.2, 0.25) is 0 Å². The summed E-state index contributed by atoms with van der Waals surface area (Å²) in [6, 6.07) is 8.76. The van der Waals surface area contributed by atoms with Crippen molar-refractivity contribution >= 4 is 5.91 Å². The van der Waals surface area contributed by atoms with E-state index in [2.05, 4.69) is 43.4 Å². The average Bonchev–Trinajstić information content (AvgIpc) is 2.41. The van der Waals surface area contributed by atoms with E-state index in [1.165, 1.54) is 11.1 Å². The number of hydrogen-bond acceptors (Lipinski definition) is 2. The van der Waals surface area contributed by atoms with Gasteiger partial charge >= 0.3 is 0 Å². The molecule has 0 radical (unpaired) electrons. The van der Waals surface area contributed by atoms with Gasteiger partial charge in [0.2, 0.25) is 5.91 Å². The van der Waals surface area contributed by atoms with Gasteiger partial charge in [-0.25, -0.2) is 0 Å². The molecule has 0 atom stereocenters. The van der Waals surface area contributed by atoms with Crippen molar-refractivity contribution in [1.29, 1.82) is 0 Å². The van der Waals surface area contributed by atoms with Crippen LogP contribution in [0.1, 0.15) is 50.2 Å². The molecule has 0 aliphatic carbocycles. The Balaban J connectivity index is 2.20. The lowest BCUT2D eigenvalue weighted by molar-refractivity contribution is -0.121. The molecule has 0 unspecified atom stereocenters. The van der Waals surface area contributed by atoms with Crippen LogP contribution in [0, 0.1) is 0 Å². The van der Waals surface area contributed by atoms with Crippen molar-refractivity contribution < 1.29 is 4.79 Å². The van der Waals surface area contributed by atoms with E-state index < -0.39 is 0 Å². The van der Waals surface area contributed by atoms with Crippen LogP contribution in [0.25, 0.3) is 0 Å². The molecular weight excluding hydrogens is 236 g/mol. The molecule has 0 aliphatic rings. The summed E-state index contributed by atoms with van der Waals surface area (Å²) in [7, 11) is 0. The van der Waals surface area contributed by atoms with Gasteiger partial charge in [0, 0.05) is 13.0 Å². The van der Waals surface area contributed by atoms with E-state index in [-0.39, 0.29) is 5.91 Å². The van der Waals surface area contributed by atoms with Crippen LogP contribution >= 0.6 is 0 Å². The second-order valence-corrected chi connectivity index (χ2v) is 5.24. The van der Waals surface area contributed by atoms with Gasteiger partial charge in [0.1, 0.15) is 0 Å². The Labute approximate surface area is 116 Å². The average molecular weight is 262 g/mol. The largest absolute Gasteiger partial charge is 0.356 e. The molecule has 0 aliphatic heterocycles. The first-order valence-corrected chi connectivity index (χ1v) is 7.19. The minimum atomic E-state index is 0.112. The second-order valence-electron chi connectivity index (χ2n) is 5.24. The summed E-state index contributed by atoms with van der Waals surface area (Å²) >= 11 is 0. The maximum Gasteiger partial charge on any atom is 0.220 e. The van der Waals surface area contributed by atoms with E-state index in [1.54, 1.807) is 0 Å². The van der Waals surface area contributed by atoms with Gasteiger partial charge in [-0.3, -0.25) is 4.79 Å². The number of carbonyl (C=O) groups is 1. The number of carbonyl (C=O) groups excluding carboxylic acids is 1. The Bertz CT molecular complexity index is 371. The highest BCUT2D eigenvalue weighted by Crippen LogP contribution is 2.15. The molecule has 1 rings (SSSR count). The first kappa shape index (κ1) is 15.7. The van der Waals surface area contributed by atoms with Crippen LogP contribution in [-0.2, 0) is 11.2 Å². The Morgan fingerprint density at radius 3 is 2.47 bits per heavy atom. The highest BCUT2D eigenvalue weighted by Gasteiger charge is 2.01. The Morgan fingerprint density at radius 2 is 1.89 bits per heavy atom. The number of rotatable bonds is 8. The number of benzene rings is 1. The molecule has 0 saturated carbocycles. The summed E-state index contributed by atoms with van der Waals surface area (Å²) in [4.78, 5) is 11.4. The smallest absolute Gasteiger partial charge is 0.220 e. The van der Waals surface area contributed by atoms with Crippen LogP contribution in [0.4, 0.5) is 0 Å². The summed E-state index contributed by atoms with van der Waals surface area (Å²) < 4.78 is 0. The van der Waals surface area contributed by atoms with Crippen LogP contribution < -0.4 is 11.1 Å². The topological polar surface area (TPSA) is 55.1 Å². The molecule has 3 heteroatoms. The Hall–Kier alpha value is -1.35. The number of nitrogens with one attached hydrogen (secondary N) is 1.